The van der Waals surface area contributed by atoms with Gasteiger partial charge in [0.1, 0.15) is 0 Å². The average Bonchev–Trinajstić information content (AvgIpc) is 1.96. The zero-order valence-electron chi connectivity index (χ0n) is 7.36. The number of nitrogens with zero attached hydrogens (tertiary/aromatic N) is 1. The lowest BCUT2D eigenvalue weighted by molar-refractivity contribution is -0.138. The minimum atomic E-state index is -0.745. The smallest absolute Gasteiger partial charge is 0.303 e. The molecule has 0 amide bonds. The van der Waals surface area contributed by atoms with E-state index in [0.29, 0.717) is 0 Å². The molecule has 4 heteroatoms. The van der Waals surface area contributed by atoms with E-state index in [1.54, 1.807) is 0 Å². The van der Waals surface area contributed by atoms with Gasteiger partial charge in [-0.1, -0.05) is 0 Å². The summed E-state index contributed by atoms with van der Waals surface area (Å²) in [6, 6.07) is 0.0669. The predicted octanol–water partition coefficient (Wildman–Crippen LogP) is -0.260. The molecule has 4 nitrogen and oxygen atoms in total. The molecule has 12 heavy (non-hydrogen) atoms. The van der Waals surface area contributed by atoms with Crippen molar-refractivity contribution in [1.29, 1.82) is 0 Å². The normalized spacial score (nSPS) is 31.8. The van der Waals surface area contributed by atoms with E-state index in [9.17, 15) is 4.79 Å². The fourth-order valence-electron chi connectivity index (χ4n) is 1.67. The number of carbonyl (C=O) groups is 1. The highest BCUT2D eigenvalue weighted by Gasteiger charge is 2.26. The number of aliphatic carboxylic acids is 1. The monoisotopic (exact) mass is 172 g/mol. The summed E-state index contributed by atoms with van der Waals surface area (Å²) in [5.41, 5.74) is 5.80. The first-order chi connectivity index (χ1) is 5.59. The molecule has 1 heterocycles. The SMILES string of the molecule is CN1CC[C@@H](N)[C@@H](CC(=O)O)C1. The molecule has 0 bridgehead atoms. The van der Waals surface area contributed by atoms with E-state index in [1.165, 1.54) is 0 Å². The Labute approximate surface area is 72.3 Å². The van der Waals surface area contributed by atoms with Gasteiger partial charge < -0.3 is 15.7 Å². The minimum Gasteiger partial charge on any atom is -0.481 e. The molecule has 3 N–H and O–H groups in total. The van der Waals surface area contributed by atoms with Crippen LogP contribution in [0.4, 0.5) is 0 Å². The number of hydrogen-bond acceptors (Lipinski definition) is 3. The molecule has 1 fully saturated rings. The van der Waals surface area contributed by atoms with Gasteiger partial charge in [-0.2, -0.15) is 0 Å². The predicted molar refractivity (Wildman–Crippen MR) is 45.8 cm³/mol. The summed E-state index contributed by atoms with van der Waals surface area (Å²) in [4.78, 5) is 12.6. The van der Waals surface area contributed by atoms with Gasteiger partial charge in [-0.15, -0.1) is 0 Å². The number of carboxylic acid groups (broad SMARTS) is 1. The fourth-order valence-corrected chi connectivity index (χ4v) is 1.67. The lowest BCUT2D eigenvalue weighted by Crippen LogP contribution is -2.46. The van der Waals surface area contributed by atoms with E-state index in [-0.39, 0.29) is 18.4 Å². The van der Waals surface area contributed by atoms with Gasteiger partial charge in [-0.25, -0.2) is 0 Å². The molecule has 1 saturated heterocycles. The zero-order valence-corrected chi connectivity index (χ0v) is 7.36. The van der Waals surface area contributed by atoms with Crippen LogP contribution >= 0.6 is 0 Å². The summed E-state index contributed by atoms with van der Waals surface area (Å²) in [5, 5.41) is 8.60. The second-order valence-corrected chi connectivity index (χ2v) is 3.57. The van der Waals surface area contributed by atoms with E-state index < -0.39 is 5.97 Å². The van der Waals surface area contributed by atoms with Crippen LogP contribution in [0.25, 0.3) is 0 Å². The Bertz CT molecular complexity index is 172. The maximum Gasteiger partial charge on any atom is 0.303 e. The molecule has 1 aliphatic heterocycles. The third kappa shape index (κ3) is 2.46. The number of nitrogens with two attached hydrogens (primary N) is 1. The lowest BCUT2D eigenvalue weighted by atomic mass is 9.90. The van der Waals surface area contributed by atoms with Crippen molar-refractivity contribution in [2.24, 2.45) is 11.7 Å². The summed E-state index contributed by atoms with van der Waals surface area (Å²) in [6.45, 7) is 1.80. The maximum absolute atomic E-state index is 10.4. The second kappa shape index (κ2) is 3.87. The largest absolute Gasteiger partial charge is 0.481 e. The summed E-state index contributed by atoms with van der Waals surface area (Å²) in [7, 11) is 2.00. The van der Waals surface area contributed by atoms with Crippen LogP contribution in [0.3, 0.4) is 0 Å². The first kappa shape index (κ1) is 9.48. The quantitative estimate of drug-likeness (QED) is 0.602. The van der Waals surface area contributed by atoms with Crippen LogP contribution in [-0.2, 0) is 4.79 Å². The third-order valence-electron chi connectivity index (χ3n) is 2.43. The molecule has 0 aliphatic carbocycles. The van der Waals surface area contributed by atoms with E-state index >= 15 is 0 Å². The van der Waals surface area contributed by atoms with Crippen molar-refractivity contribution in [3.63, 3.8) is 0 Å². The van der Waals surface area contributed by atoms with Gasteiger partial charge in [-0.05, 0) is 25.9 Å². The highest BCUT2D eigenvalue weighted by molar-refractivity contribution is 5.67. The van der Waals surface area contributed by atoms with Gasteiger partial charge >= 0.3 is 5.97 Å². The van der Waals surface area contributed by atoms with Gasteiger partial charge in [0.15, 0.2) is 0 Å². The van der Waals surface area contributed by atoms with Gasteiger partial charge in [0.05, 0.1) is 6.42 Å². The summed E-state index contributed by atoms with van der Waals surface area (Å²) in [5.74, 6) is -0.619. The number of carboxylic acids is 1. The number of rotatable bonds is 2. The van der Waals surface area contributed by atoms with E-state index in [2.05, 4.69) is 4.90 Å². The van der Waals surface area contributed by atoms with Crippen molar-refractivity contribution in [2.75, 3.05) is 20.1 Å². The first-order valence-corrected chi connectivity index (χ1v) is 4.25. The number of hydrogen-bond donors (Lipinski definition) is 2. The number of piperidine rings is 1. The second-order valence-electron chi connectivity index (χ2n) is 3.57. The van der Waals surface area contributed by atoms with E-state index in [0.717, 1.165) is 19.5 Å². The molecule has 0 aromatic rings. The van der Waals surface area contributed by atoms with Crippen molar-refractivity contribution < 1.29 is 9.90 Å². The zero-order chi connectivity index (χ0) is 9.14. The lowest BCUT2D eigenvalue weighted by Gasteiger charge is -2.33. The molecule has 0 saturated carbocycles. The van der Waals surface area contributed by atoms with Crippen molar-refractivity contribution >= 4 is 5.97 Å². The van der Waals surface area contributed by atoms with E-state index in [1.807, 2.05) is 7.05 Å². The van der Waals surface area contributed by atoms with Crippen LogP contribution in [0.15, 0.2) is 0 Å². The maximum atomic E-state index is 10.4. The summed E-state index contributed by atoms with van der Waals surface area (Å²) >= 11 is 0. The van der Waals surface area contributed by atoms with Crippen LogP contribution in [0.5, 0.6) is 0 Å². The molecule has 0 aromatic carbocycles. The van der Waals surface area contributed by atoms with E-state index in [4.69, 9.17) is 10.8 Å². The molecule has 0 aromatic heterocycles. The standard InChI is InChI=1S/C8H16N2O2/c1-10-3-2-7(9)6(5-10)4-8(11)12/h6-7H,2-5,9H2,1H3,(H,11,12)/t6-,7+/m0/s1. The van der Waals surface area contributed by atoms with Crippen LogP contribution in [-0.4, -0.2) is 42.2 Å². The first-order valence-electron chi connectivity index (χ1n) is 4.25. The molecule has 0 spiro atoms. The van der Waals surface area contributed by atoms with Crippen LogP contribution < -0.4 is 5.73 Å². The fraction of sp³-hybridized carbons (Fsp3) is 0.875. The van der Waals surface area contributed by atoms with Crippen molar-refractivity contribution in [3.05, 3.63) is 0 Å². The Morgan fingerprint density at radius 1 is 1.75 bits per heavy atom. The number of likely N-dealkylation sites (tertiary alicyclic amines) is 1. The Morgan fingerprint density at radius 3 is 3.00 bits per heavy atom. The Kier molecular flexibility index (Phi) is 3.05. The van der Waals surface area contributed by atoms with Crippen LogP contribution in [0.2, 0.25) is 0 Å². The molecule has 0 radical (unpaired) electrons. The molecule has 0 unspecified atom stereocenters. The summed E-state index contributed by atoms with van der Waals surface area (Å²) in [6.07, 6.45) is 1.11. The van der Waals surface area contributed by atoms with Gasteiger partial charge in [0.2, 0.25) is 0 Å². The van der Waals surface area contributed by atoms with Crippen molar-refractivity contribution in [2.45, 2.75) is 18.9 Å². The highest BCUT2D eigenvalue weighted by atomic mass is 16.4. The Hall–Kier alpha value is -0.610. The van der Waals surface area contributed by atoms with Crippen LogP contribution in [0, 0.1) is 5.92 Å². The van der Waals surface area contributed by atoms with Gasteiger partial charge in [0, 0.05) is 12.6 Å². The van der Waals surface area contributed by atoms with Gasteiger partial charge in [-0.3, -0.25) is 4.79 Å². The highest BCUT2D eigenvalue weighted by Crippen LogP contribution is 2.17. The summed E-state index contributed by atoms with van der Waals surface area (Å²) < 4.78 is 0. The molecular weight excluding hydrogens is 156 g/mol. The minimum absolute atomic E-state index is 0.0669. The average molecular weight is 172 g/mol. The van der Waals surface area contributed by atoms with Gasteiger partial charge in [0.25, 0.3) is 0 Å². The third-order valence-corrected chi connectivity index (χ3v) is 2.43. The molecule has 2 atom stereocenters. The van der Waals surface area contributed by atoms with Crippen LogP contribution in [0.1, 0.15) is 12.8 Å². The topological polar surface area (TPSA) is 66.6 Å². The molecule has 1 aliphatic rings. The van der Waals surface area contributed by atoms with Crippen molar-refractivity contribution in [3.8, 4) is 0 Å². The Balaban J connectivity index is 2.43. The molecular formula is C8H16N2O2. The Morgan fingerprint density at radius 2 is 2.42 bits per heavy atom. The molecule has 1 rings (SSSR count). The van der Waals surface area contributed by atoms with Crippen molar-refractivity contribution in [1.82, 2.24) is 4.90 Å². The molecule has 70 valence electrons.